The summed E-state index contributed by atoms with van der Waals surface area (Å²) in [5.41, 5.74) is 1.36. The van der Waals surface area contributed by atoms with Gasteiger partial charge < -0.3 is 14.4 Å². The number of thioether (sulfide) groups is 1. The Labute approximate surface area is 168 Å². The van der Waals surface area contributed by atoms with Crippen LogP contribution in [0.1, 0.15) is 16.8 Å². The number of ether oxygens (including phenoxy) is 2. The third-order valence-electron chi connectivity index (χ3n) is 4.16. The average Bonchev–Trinajstić information content (AvgIpc) is 2.72. The van der Waals surface area contributed by atoms with Crippen LogP contribution in [0.2, 0.25) is 5.02 Å². The predicted molar refractivity (Wildman–Crippen MR) is 112 cm³/mol. The van der Waals surface area contributed by atoms with Gasteiger partial charge >= 0.3 is 0 Å². The fourth-order valence-corrected chi connectivity index (χ4v) is 3.83. The molecule has 0 radical (unpaired) electrons. The van der Waals surface area contributed by atoms with Crippen molar-refractivity contribution in [1.82, 2.24) is 0 Å². The van der Waals surface area contributed by atoms with Gasteiger partial charge in [0.15, 0.2) is 11.0 Å². The molecule has 0 aromatic heterocycles. The highest BCUT2D eigenvalue weighted by Crippen LogP contribution is 2.35. The summed E-state index contributed by atoms with van der Waals surface area (Å²) in [6, 6.07) is 12.4. The number of methoxy groups -OCH3 is 2. The third-order valence-corrected chi connectivity index (χ3v) is 5.51. The third kappa shape index (κ3) is 4.76. The molecule has 7 heteroatoms. The number of hydrogen-bond donors (Lipinski definition) is 0. The number of carbonyl (C=O) groups excluding carboxylic acids is 1. The number of anilines is 1. The van der Waals surface area contributed by atoms with Gasteiger partial charge in [-0.25, -0.2) is 0 Å². The normalized spacial score (nSPS) is 13.7. The lowest BCUT2D eigenvalue weighted by molar-refractivity contribution is 0.100. The van der Waals surface area contributed by atoms with E-state index in [0.717, 1.165) is 29.6 Å². The monoisotopic (exact) mass is 404 g/mol. The minimum absolute atomic E-state index is 0.0228. The van der Waals surface area contributed by atoms with Crippen LogP contribution in [0.3, 0.4) is 0 Å². The van der Waals surface area contributed by atoms with Gasteiger partial charge in [0.25, 0.3) is 0 Å². The Kier molecular flexibility index (Phi) is 6.63. The standard InChI is InChI=1S/C20H21ClN2O3S/c1-25-16-8-9-19(26-2)17(12-16)23(20-22-10-3-11-27-20)13-18(24)14-4-6-15(21)7-5-14/h4-9,12H,3,10-11,13H2,1-2H3. The molecule has 2 aromatic carbocycles. The highest BCUT2D eigenvalue weighted by molar-refractivity contribution is 8.14. The van der Waals surface area contributed by atoms with Gasteiger partial charge in [-0.15, -0.1) is 0 Å². The molecule has 0 atom stereocenters. The Hall–Kier alpha value is -2.18. The summed E-state index contributed by atoms with van der Waals surface area (Å²) in [6.45, 7) is 0.900. The van der Waals surface area contributed by atoms with Gasteiger partial charge in [0.05, 0.1) is 26.5 Å². The van der Waals surface area contributed by atoms with Crippen LogP contribution in [0.4, 0.5) is 5.69 Å². The number of ketones is 1. The van der Waals surface area contributed by atoms with Crippen molar-refractivity contribution in [3.05, 3.63) is 53.1 Å². The molecular formula is C20H21ClN2O3S. The number of Topliss-reactive ketones (excluding diaryl/α,β-unsaturated/α-hetero) is 1. The molecule has 0 bridgehead atoms. The summed E-state index contributed by atoms with van der Waals surface area (Å²) in [5.74, 6) is 2.30. The number of nitrogens with zero attached hydrogens (tertiary/aromatic N) is 2. The van der Waals surface area contributed by atoms with Crippen LogP contribution < -0.4 is 14.4 Å². The molecule has 27 heavy (non-hydrogen) atoms. The summed E-state index contributed by atoms with van der Waals surface area (Å²) >= 11 is 7.58. The van der Waals surface area contributed by atoms with Crippen LogP contribution in [0.5, 0.6) is 11.5 Å². The summed E-state index contributed by atoms with van der Waals surface area (Å²) in [5, 5.41) is 1.42. The van der Waals surface area contributed by atoms with Crippen molar-refractivity contribution in [3.63, 3.8) is 0 Å². The van der Waals surface area contributed by atoms with Crippen LogP contribution in [0.15, 0.2) is 47.5 Å². The van der Waals surface area contributed by atoms with E-state index in [2.05, 4.69) is 4.99 Å². The number of benzene rings is 2. The maximum atomic E-state index is 12.9. The summed E-state index contributed by atoms with van der Waals surface area (Å²) in [7, 11) is 3.22. The average molecular weight is 405 g/mol. The highest BCUT2D eigenvalue weighted by atomic mass is 35.5. The minimum atomic E-state index is -0.0228. The van der Waals surface area contributed by atoms with E-state index in [0.29, 0.717) is 22.1 Å². The largest absolute Gasteiger partial charge is 0.497 e. The van der Waals surface area contributed by atoms with E-state index in [4.69, 9.17) is 21.1 Å². The maximum absolute atomic E-state index is 12.9. The fraction of sp³-hybridized carbons (Fsp3) is 0.300. The SMILES string of the molecule is COc1ccc(OC)c(N(CC(=O)c2ccc(Cl)cc2)C2=NCCCS2)c1. The summed E-state index contributed by atoms with van der Waals surface area (Å²) in [6.07, 6.45) is 1.03. The van der Waals surface area contributed by atoms with Gasteiger partial charge in [-0.3, -0.25) is 9.79 Å². The van der Waals surface area contributed by atoms with Crippen LogP contribution in [-0.4, -0.2) is 44.0 Å². The quantitative estimate of drug-likeness (QED) is 0.661. The Morgan fingerprint density at radius 1 is 1.19 bits per heavy atom. The first-order valence-corrected chi connectivity index (χ1v) is 9.94. The van der Waals surface area contributed by atoms with E-state index in [1.54, 1.807) is 50.2 Å². The second-order valence-electron chi connectivity index (χ2n) is 5.92. The zero-order chi connectivity index (χ0) is 19.2. The van der Waals surface area contributed by atoms with E-state index in [-0.39, 0.29) is 12.3 Å². The number of carbonyl (C=O) groups is 1. The highest BCUT2D eigenvalue weighted by Gasteiger charge is 2.24. The van der Waals surface area contributed by atoms with Crippen molar-refractivity contribution in [2.24, 2.45) is 4.99 Å². The molecule has 0 aliphatic carbocycles. The Morgan fingerprint density at radius 2 is 1.96 bits per heavy atom. The maximum Gasteiger partial charge on any atom is 0.182 e. The van der Waals surface area contributed by atoms with E-state index in [9.17, 15) is 4.79 Å². The summed E-state index contributed by atoms with van der Waals surface area (Å²) < 4.78 is 10.9. The molecule has 0 spiro atoms. The van der Waals surface area contributed by atoms with Gasteiger partial charge in [0.1, 0.15) is 11.5 Å². The second-order valence-corrected chi connectivity index (χ2v) is 7.42. The molecule has 0 unspecified atom stereocenters. The molecule has 2 aromatic rings. The van der Waals surface area contributed by atoms with Crippen molar-refractivity contribution in [2.45, 2.75) is 6.42 Å². The molecule has 0 N–H and O–H groups in total. The first-order valence-electron chi connectivity index (χ1n) is 8.58. The minimum Gasteiger partial charge on any atom is -0.497 e. The lowest BCUT2D eigenvalue weighted by Crippen LogP contribution is -2.36. The van der Waals surface area contributed by atoms with Crippen LogP contribution >= 0.6 is 23.4 Å². The van der Waals surface area contributed by atoms with Crippen molar-refractivity contribution < 1.29 is 14.3 Å². The molecule has 0 saturated carbocycles. The molecule has 142 valence electrons. The zero-order valence-corrected chi connectivity index (χ0v) is 16.8. The van der Waals surface area contributed by atoms with Crippen molar-refractivity contribution in [3.8, 4) is 11.5 Å². The molecule has 1 aliphatic heterocycles. The topological polar surface area (TPSA) is 51.1 Å². The molecule has 1 aliphatic rings. The number of hydrogen-bond acceptors (Lipinski definition) is 6. The van der Waals surface area contributed by atoms with Gasteiger partial charge in [-0.2, -0.15) is 0 Å². The van der Waals surface area contributed by atoms with Gasteiger partial charge in [-0.05, 0) is 42.8 Å². The second kappa shape index (κ2) is 9.15. The fourth-order valence-electron chi connectivity index (χ4n) is 2.75. The molecule has 5 nitrogen and oxygen atoms in total. The van der Waals surface area contributed by atoms with Crippen LogP contribution in [-0.2, 0) is 0 Å². The Balaban J connectivity index is 1.98. The number of amidine groups is 1. The first-order chi connectivity index (χ1) is 13.1. The molecule has 0 amide bonds. The van der Waals surface area contributed by atoms with Crippen molar-refractivity contribution in [2.75, 3.05) is 38.0 Å². The lowest BCUT2D eigenvalue weighted by Gasteiger charge is -2.28. The molecule has 1 heterocycles. The van der Waals surface area contributed by atoms with E-state index in [1.165, 1.54) is 0 Å². The summed E-state index contributed by atoms with van der Waals surface area (Å²) in [4.78, 5) is 19.5. The van der Waals surface area contributed by atoms with Gasteiger partial charge in [-0.1, -0.05) is 23.4 Å². The number of halogens is 1. The van der Waals surface area contributed by atoms with Gasteiger partial charge in [0, 0.05) is 29.0 Å². The van der Waals surface area contributed by atoms with Crippen LogP contribution in [0, 0.1) is 0 Å². The molecule has 3 rings (SSSR count). The Morgan fingerprint density at radius 3 is 2.59 bits per heavy atom. The number of aliphatic imine (C=N–C) groups is 1. The van der Waals surface area contributed by atoms with Crippen LogP contribution in [0.25, 0.3) is 0 Å². The molecule has 0 fully saturated rings. The number of rotatable bonds is 6. The smallest absolute Gasteiger partial charge is 0.182 e. The van der Waals surface area contributed by atoms with Crippen molar-refractivity contribution >= 4 is 40.0 Å². The predicted octanol–water partition coefficient (Wildman–Crippen LogP) is 4.54. The zero-order valence-electron chi connectivity index (χ0n) is 15.3. The lowest BCUT2D eigenvalue weighted by atomic mass is 10.1. The molecular weight excluding hydrogens is 384 g/mol. The van der Waals surface area contributed by atoms with E-state index in [1.807, 2.05) is 23.1 Å². The van der Waals surface area contributed by atoms with Gasteiger partial charge in [0.2, 0.25) is 0 Å². The molecule has 0 saturated heterocycles. The van der Waals surface area contributed by atoms with E-state index >= 15 is 0 Å². The Bertz CT molecular complexity index is 840. The van der Waals surface area contributed by atoms with E-state index < -0.39 is 0 Å². The first kappa shape index (κ1) is 19.6. The van der Waals surface area contributed by atoms with Crippen molar-refractivity contribution in [1.29, 1.82) is 0 Å².